The molecule has 0 nitrogen and oxygen atoms in total. The Morgan fingerprint density at radius 1 is 0.351 bits per heavy atom. The molecule has 0 amide bonds. The Kier molecular flexibility index (Phi) is 30.1. The minimum atomic E-state index is -0.990. The zero-order valence-corrected chi connectivity index (χ0v) is 31.4. The van der Waals surface area contributed by atoms with E-state index in [-0.39, 0.29) is 0 Å². The Bertz CT molecular complexity index is 384. The van der Waals surface area contributed by atoms with Gasteiger partial charge in [-0.2, -0.15) is 0 Å². The lowest BCUT2D eigenvalue weighted by molar-refractivity contribution is 0.584. The summed E-state index contributed by atoms with van der Waals surface area (Å²) in [4.78, 5) is 0. The molecule has 0 rings (SSSR count). The highest BCUT2D eigenvalue weighted by molar-refractivity contribution is 7.48. The molecule has 0 fully saturated rings. The average Bonchev–Trinajstić information content (AvgIpc) is 2.91. The van der Waals surface area contributed by atoms with E-state index in [9.17, 15) is 0 Å². The van der Waals surface area contributed by atoms with Gasteiger partial charge in [-0.15, -0.1) is 0 Å². The fourth-order valence-electron chi connectivity index (χ4n) is 6.78. The summed E-state index contributed by atoms with van der Waals surface area (Å²) < 4.78 is 0. The predicted molar refractivity (Wildman–Crippen MR) is 185 cm³/mol. The molecule has 1 atom stereocenters. The quantitative estimate of drug-likeness (QED) is 0.0576. The van der Waals surface area contributed by atoms with Gasteiger partial charge < -0.3 is 0 Å². The molecule has 0 spiro atoms. The van der Waals surface area contributed by atoms with Crippen molar-refractivity contribution in [2.75, 3.05) is 0 Å². The average molecular weight is 569 g/mol. The second kappa shape index (κ2) is 29.6. The van der Waals surface area contributed by atoms with Crippen LogP contribution in [-0.4, -0.2) is 25.2 Å². The van der Waals surface area contributed by atoms with Gasteiger partial charge in [0.05, 0.1) is 0 Å². The molecule has 1 unspecified atom stereocenters. The number of hydrogen-bond acceptors (Lipinski definition) is 0. The van der Waals surface area contributed by atoms with Crippen molar-refractivity contribution in [1.29, 1.82) is 0 Å². The molecule has 0 aliphatic heterocycles. The molecule has 0 aliphatic rings. The molecule has 224 valence electrons. The summed E-state index contributed by atoms with van der Waals surface area (Å²) in [6.45, 7) is 9.43. The van der Waals surface area contributed by atoms with E-state index >= 15 is 0 Å². The van der Waals surface area contributed by atoms with Gasteiger partial charge in [-0.1, -0.05) is 219 Å². The van der Waals surface area contributed by atoms with Crippen molar-refractivity contribution < 1.29 is 0 Å². The maximum atomic E-state index is 2.36. The summed E-state index contributed by atoms with van der Waals surface area (Å²) in [5.74, 6) is 0. The van der Waals surface area contributed by atoms with Crippen LogP contribution in [0.1, 0.15) is 195 Å². The Morgan fingerprint density at radius 3 is 0.892 bits per heavy atom. The summed E-state index contributed by atoms with van der Waals surface area (Å²) in [6.07, 6.45) is 39.2. The van der Waals surface area contributed by atoms with Gasteiger partial charge in [-0.3, -0.25) is 0 Å². The third kappa shape index (κ3) is 23.1. The molecule has 0 aromatic heterocycles. The first-order valence-electron chi connectivity index (χ1n) is 18.2. The monoisotopic (exact) mass is 569 g/mol. The van der Waals surface area contributed by atoms with Crippen molar-refractivity contribution >= 4 is 25.2 Å². The molecule has 0 saturated carbocycles. The third-order valence-electron chi connectivity index (χ3n) is 9.62. The van der Waals surface area contributed by atoms with Crippen LogP contribution in [0.15, 0.2) is 0 Å². The van der Waals surface area contributed by atoms with E-state index in [1.165, 1.54) is 116 Å². The van der Waals surface area contributed by atoms with Crippen molar-refractivity contribution in [1.82, 2.24) is 0 Å². The van der Waals surface area contributed by atoms with Gasteiger partial charge in [0.1, 0.15) is 0 Å². The Morgan fingerprint density at radius 2 is 0.595 bits per heavy atom. The molecular weight excluding hydrogens is 493 g/mol. The van der Waals surface area contributed by atoms with Crippen LogP contribution in [0.5, 0.6) is 0 Å². The maximum Gasteiger partial charge on any atom is 0.0405 e. The molecular formula is C34H76Si3. The first kappa shape index (κ1) is 37.7. The molecule has 3 heteroatoms. The van der Waals surface area contributed by atoms with E-state index in [0.29, 0.717) is 0 Å². The zero-order valence-electron chi connectivity index (χ0n) is 27.3. The molecule has 37 heavy (non-hydrogen) atoms. The lowest BCUT2D eigenvalue weighted by Crippen LogP contribution is -2.51. The van der Waals surface area contributed by atoms with E-state index < -0.39 is 15.4 Å². The normalized spacial score (nSPS) is 13.0. The first-order valence-corrected chi connectivity index (χ1v) is 28.0. The lowest BCUT2D eigenvalue weighted by atomic mass is 10.1. The molecule has 0 N–H and O–H groups in total. The van der Waals surface area contributed by atoms with Crippen molar-refractivity contribution in [3.05, 3.63) is 0 Å². The number of unbranched alkanes of at least 4 members (excludes halogenated alkanes) is 22. The second-order valence-electron chi connectivity index (χ2n) is 13.1. The summed E-state index contributed by atoms with van der Waals surface area (Å²) in [6, 6.07) is 7.05. The van der Waals surface area contributed by atoms with Gasteiger partial charge in [-0.05, 0) is 9.76 Å². The summed E-state index contributed by atoms with van der Waals surface area (Å²) in [5.41, 5.74) is 0. The van der Waals surface area contributed by atoms with Crippen LogP contribution in [0.3, 0.4) is 0 Å². The van der Waals surface area contributed by atoms with E-state index in [1.807, 2.05) is 0 Å². The Balaban J connectivity index is 4.93. The number of hydrogen-bond donors (Lipinski definition) is 0. The van der Waals surface area contributed by atoms with E-state index in [2.05, 4.69) is 27.7 Å². The van der Waals surface area contributed by atoms with E-state index in [4.69, 9.17) is 0 Å². The second-order valence-corrected chi connectivity index (χ2v) is 34.0. The van der Waals surface area contributed by atoms with Gasteiger partial charge in [0.2, 0.25) is 0 Å². The molecule has 0 bridgehead atoms. The van der Waals surface area contributed by atoms with Gasteiger partial charge in [-0.25, -0.2) is 0 Å². The van der Waals surface area contributed by atoms with E-state index in [0.717, 1.165) is 0 Å². The largest absolute Gasteiger partial charge is 0.0654 e. The van der Waals surface area contributed by atoms with Gasteiger partial charge >= 0.3 is 0 Å². The highest BCUT2D eigenvalue weighted by atomic mass is 29.6. The molecule has 0 saturated heterocycles. The standard InChI is InChI=1S/C34H76Si3/c1-5-9-13-17-21-22-23-27-31-36(35)37(32-28-24-18-14-10-6-2,33-29-25-19-15-11-7-3)34-30-26-20-16-12-8-4/h36H,5-34H2,1-4,35H3. The lowest BCUT2D eigenvalue weighted by Gasteiger charge is -2.38. The van der Waals surface area contributed by atoms with Crippen molar-refractivity contribution in [2.24, 2.45) is 0 Å². The molecule has 0 aromatic carbocycles. The molecule has 0 heterocycles. The Labute approximate surface area is 243 Å². The van der Waals surface area contributed by atoms with Crippen LogP contribution in [-0.2, 0) is 0 Å². The summed E-state index contributed by atoms with van der Waals surface area (Å²) >= 11 is 0. The van der Waals surface area contributed by atoms with Crippen molar-refractivity contribution in [2.45, 2.75) is 219 Å². The molecule has 0 radical (unpaired) electrons. The predicted octanol–water partition coefficient (Wildman–Crippen LogP) is 11.8. The highest BCUT2D eigenvalue weighted by Gasteiger charge is 2.37. The smallest absolute Gasteiger partial charge is 0.0405 e. The van der Waals surface area contributed by atoms with Crippen LogP contribution < -0.4 is 0 Å². The fourth-order valence-corrected chi connectivity index (χ4v) is 31.1. The minimum Gasteiger partial charge on any atom is -0.0654 e. The van der Waals surface area contributed by atoms with Crippen LogP contribution in [0, 0.1) is 0 Å². The van der Waals surface area contributed by atoms with E-state index in [1.54, 1.807) is 85.3 Å². The van der Waals surface area contributed by atoms with Crippen LogP contribution in [0.25, 0.3) is 0 Å². The highest BCUT2D eigenvalue weighted by Crippen LogP contribution is 2.33. The van der Waals surface area contributed by atoms with Crippen LogP contribution in [0.2, 0.25) is 24.2 Å². The van der Waals surface area contributed by atoms with Gasteiger partial charge in [0.25, 0.3) is 0 Å². The molecule has 0 aliphatic carbocycles. The topological polar surface area (TPSA) is 0 Å². The molecule has 0 aromatic rings. The number of rotatable bonds is 31. The zero-order chi connectivity index (χ0) is 27.3. The van der Waals surface area contributed by atoms with Gasteiger partial charge in [0, 0.05) is 15.4 Å². The van der Waals surface area contributed by atoms with Crippen LogP contribution >= 0.6 is 0 Å². The van der Waals surface area contributed by atoms with Crippen LogP contribution in [0.4, 0.5) is 0 Å². The van der Waals surface area contributed by atoms with Crippen molar-refractivity contribution in [3.63, 3.8) is 0 Å². The summed E-state index contributed by atoms with van der Waals surface area (Å²) in [7, 11) is 0.199. The Hall–Kier alpha value is 0.651. The fraction of sp³-hybridized carbons (Fsp3) is 1.00. The minimum absolute atomic E-state index is 0.440. The SMILES string of the molecule is CCCCCCCCCC[SiH]([SiH3])[Si](CCCCCCCC)(CCCCCCCC)CCCCCCCC. The summed E-state index contributed by atoms with van der Waals surface area (Å²) in [5, 5.41) is 0. The van der Waals surface area contributed by atoms with Gasteiger partial charge in [0.15, 0.2) is 0 Å². The van der Waals surface area contributed by atoms with Crippen molar-refractivity contribution in [3.8, 4) is 0 Å². The third-order valence-corrected chi connectivity index (χ3v) is 39.5. The first-order chi connectivity index (χ1) is 18.2. The maximum absolute atomic E-state index is 2.36.